The van der Waals surface area contributed by atoms with Gasteiger partial charge < -0.3 is 35.1 Å². The van der Waals surface area contributed by atoms with Gasteiger partial charge in [-0.3, -0.25) is 30.3 Å². The van der Waals surface area contributed by atoms with E-state index >= 15 is 0 Å². The Morgan fingerprint density at radius 2 is 1.04 bits per heavy atom. The zero-order chi connectivity index (χ0) is 52.3. The summed E-state index contributed by atoms with van der Waals surface area (Å²) >= 11 is 6.01. The summed E-state index contributed by atoms with van der Waals surface area (Å²) in [6, 6.07) is 20.4. The molecule has 3 N–H and O–H groups in total. The van der Waals surface area contributed by atoms with Crippen LogP contribution in [0.3, 0.4) is 0 Å². The summed E-state index contributed by atoms with van der Waals surface area (Å²) in [5.74, 6) is -0.343. The van der Waals surface area contributed by atoms with Crippen LogP contribution in [0.2, 0.25) is 0 Å². The van der Waals surface area contributed by atoms with Crippen LogP contribution in [0.4, 0.5) is 44.2 Å². The van der Waals surface area contributed by atoms with Gasteiger partial charge in [-0.15, -0.1) is 6.58 Å². The molecular formula is C47H68BBr2FN8O8. The Morgan fingerprint density at radius 3 is 1.36 bits per heavy atom. The number of para-hydroxylation sites is 4. The molecule has 0 bridgehead atoms. The molecule has 0 aromatic heterocycles. The molecule has 0 saturated carbocycles. The lowest BCUT2D eigenvalue weighted by Gasteiger charge is -2.32. The van der Waals surface area contributed by atoms with E-state index in [1.54, 1.807) is 81.3 Å². The van der Waals surface area contributed by atoms with Gasteiger partial charge >= 0.3 is 18.5 Å². The highest BCUT2D eigenvalue weighted by atomic mass is 79.9. The van der Waals surface area contributed by atoms with Crippen LogP contribution in [-0.2, 0) is 9.31 Å². The largest absolute Gasteiger partial charge is 0.489 e. The van der Waals surface area contributed by atoms with Crippen molar-refractivity contribution in [2.75, 3.05) is 76.8 Å². The number of nitrogens with two attached hydrogens (primary N) is 1. The van der Waals surface area contributed by atoms with Crippen LogP contribution < -0.4 is 25.8 Å². The maximum Gasteiger partial charge on any atom is 0.489 e. The molecule has 0 amide bonds. The van der Waals surface area contributed by atoms with E-state index in [4.69, 9.17) is 15.0 Å². The minimum atomic E-state index is -0.829. The standard InChI is InChI=1S/C11H14N2O2.C11H18N2.C9H17BO2.C8H9BrN2O2.C6H3BrFNO2.C2H7N/c1-8(2)9-6-5-7-10(12(3)4)11(9)13(14)15;1-8(2)9-6-5-7-10(11(9)12)13(3)4;1-7(2)10-11-8(3,4)9(5,6)12-10;1-10(2)7-5-3-4-6(9)8(7)11(12)13;7-4-2-1-3-5(8)6(4)9(10)11;1-3-2/h5-7H,1H2,2-4H3;5-8H,12H2,1-4H3;1H2,2-6H3;3-5H,1-2H3;1-3H;3H,1-2H3. The smallest absolute Gasteiger partial charge is 0.400 e. The van der Waals surface area contributed by atoms with Gasteiger partial charge in [-0.25, -0.2) is 0 Å². The summed E-state index contributed by atoms with van der Waals surface area (Å²) < 4.78 is 24.7. The summed E-state index contributed by atoms with van der Waals surface area (Å²) in [5, 5.41) is 34.6. The van der Waals surface area contributed by atoms with Crippen LogP contribution in [0.25, 0.3) is 5.57 Å². The fraction of sp³-hybridized carbons (Fsp3) is 0.404. The zero-order valence-corrected chi connectivity index (χ0v) is 44.8. The molecular weight excluding hydrogens is 994 g/mol. The van der Waals surface area contributed by atoms with Gasteiger partial charge in [0.15, 0.2) is 0 Å². The Balaban J connectivity index is 0.000000802. The van der Waals surface area contributed by atoms with Gasteiger partial charge in [0, 0.05) is 42.3 Å². The van der Waals surface area contributed by atoms with Crippen molar-refractivity contribution in [2.24, 2.45) is 0 Å². The maximum atomic E-state index is 12.6. The molecule has 0 radical (unpaired) electrons. The molecule has 1 saturated heterocycles. The number of hydrogen-bond donors (Lipinski definition) is 2. The molecule has 16 nitrogen and oxygen atoms in total. The van der Waals surface area contributed by atoms with Crippen LogP contribution in [0.1, 0.15) is 72.4 Å². The summed E-state index contributed by atoms with van der Waals surface area (Å²) in [5.41, 5.74) is 11.9. The normalized spacial score (nSPS) is 12.6. The van der Waals surface area contributed by atoms with Crippen LogP contribution in [0.15, 0.2) is 100 Å². The molecule has 1 fully saturated rings. The van der Waals surface area contributed by atoms with Gasteiger partial charge in [0.1, 0.15) is 11.4 Å². The van der Waals surface area contributed by atoms with Gasteiger partial charge in [-0.2, -0.15) is 4.39 Å². The number of anilines is 4. The maximum absolute atomic E-state index is 12.6. The number of hydrogen-bond acceptors (Lipinski definition) is 13. The van der Waals surface area contributed by atoms with Crippen molar-refractivity contribution in [3.05, 3.63) is 148 Å². The predicted octanol–water partition coefficient (Wildman–Crippen LogP) is 12.1. The van der Waals surface area contributed by atoms with E-state index in [0.29, 0.717) is 32.9 Å². The van der Waals surface area contributed by atoms with Crippen molar-refractivity contribution >= 4 is 84.4 Å². The lowest BCUT2D eigenvalue weighted by atomic mass is 9.81. The fourth-order valence-electron chi connectivity index (χ4n) is 5.65. The molecule has 5 rings (SSSR count). The van der Waals surface area contributed by atoms with Gasteiger partial charge in [-0.1, -0.05) is 56.2 Å². The third-order valence-electron chi connectivity index (χ3n) is 9.77. The minimum Gasteiger partial charge on any atom is -0.400 e. The summed E-state index contributed by atoms with van der Waals surface area (Å²) in [7, 11) is 14.6. The number of nitrogen functional groups attached to an aromatic ring is 1. The molecule has 0 unspecified atom stereocenters. The van der Waals surface area contributed by atoms with Gasteiger partial charge in [0.25, 0.3) is 5.69 Å². The number of nitrogens with zero attached hydrogens (tertiary/aromatic N) is 6. The van der Waals surface area contributed by atoms with Crippen LogP contribution in [-0.4, -0.2) is 89.5 Å². The quantitative estimate of drug-likeness (QED) is 0.0696. The first-order valence-electron chi connectivity index (χ1n) is 20.8. The molecule has 1 heterocycles. The van der Waals surface area contributed by atoms with Crippen molar-refractivity contribution in [2.45, 2.75) is 72.5 Å². The lowest BCUT2D eigenvalue weighted by Crippen LogP contribution is -2.41. The lowest BCUT2D eigenvalue weighted by molar-refractivity contribution is -0.388. The fourth-order valence-corrected chi connectivity index (χ4v) is 6.63. The summed E-state index contributed by atoms with van der Waals surface area (Å²) in [6.07, 6.45) is 0. The SMILES string of the molecule is C=C(C)B1OC(C)(C)C(C)(C)O1.C=C(C)c1cccc(N(C)C)c1[N+](=O)[O-].CC(C)c1cccc(N(C)C)c1N.CN(C)c1cccc(Br)c1[N+](=O)[O-].CNC.O=[N+]([O-])c1c(F)cccc1Br. The van der Waals surface area contributed by atoms with E-state index < -0.39 is 16.4 Å². The monoisotopic (exact) mass is 1060 g/mol. The number of rotatable bonds is 9. The highest BCUT2D eigenvalue weighted by Crippen LogP contribution is 2.38. The van der Waals surface area contributed by atoms with Crippen molar-refractivity contribution < 1.29 is 28.5 Å². The molecule has 20 heteroatoms. The van der Waals surface area contributed by atoms with E-state index in [9.17, 15) is 34.7 Å². The third-order valence-corrected chi connectivity index (χ3v) is 11.0. The second-order valence-corrected chi connectivity index (χ2v) is 18.7. The number of halogens is 3. The Labute approximate surface area is 413 Å². The Morgan fingerprint density at radius 1 is 0.687 bits per heavy atom. The first-order valence-corrected chi connectivity index (χ1v) is 22.4. The highest BCUT2D eigenvalue weighted by Gasteiger charge is 2.51. The topological polar surface area (TPSA) is 196 Å². The van der Waals surface area contributed by atoms with Crippen LogP contribution in [0.5, 0.6) is 0 Å². The second kappa shape index (κ2) is 28.0. The van der Waals surface area contributed by atoms with Crippen molar-refractivity contribution in [3.8, 4) is 0 Å². The molecule has 4 aromatic carbocycles. The Kier molecular flexibility index (Phi) is 25.8. The van der Waals surface area contributed by atoms with Gasteiger partial charge in [-0.05, 0) is 147 Å². The van der Waals surface area contributed by atoms with Crippen molar-refractivity contribution in [1.29, 1.82) is 0 Å². The van der Waals surface area contributed by atoms with E-state index in [2.05, 4.69) is 76.3 Å². The predicted molar refractivity (Wildman–Crippen MR) is 283 cm³/mol. The Bertz CT molecular complexity index is 2250. The molecule has 4 aromatic rings. The molecule has 0 aliphatic carbocycles. The zero-order valence-electron chi connectivity index (χ0n) is 41.7. The first kappa shape index (κ1) is 61.6. The molecule has 1 aliphatic rings. The number of benzene rings is 4. The number of nitrogens with one attached hydrogen (secondary N) is 1. The number of allylic oxidation sites excluding steroid dienone is 2. The number of nitro benzene ring substituents is 3. The van der Waals surface area contributed by atoms with Gasteiger partial charge in [0.05, 0.1) is 51.9 Å². The highest BCUT2D eigenvalue weighted by molar-refractivity contribution is 9.11. The molecule has 0 spiro atoms. The first-order chi connectivity index (χ1) is 30.8. The molecule has 1 aliphatic heterocycles. The van der Waals surface area contributed by atoms with Crippen molar-refractivity contribution in [1.82, 2.24) is 5.32 Å². The van der Waals surface area contributed by atoms with E-state index in [0.717, 1.165) is 22.9 Å². The van der Waals surface area contributed by atoms with E-state index in [-0.39, 0.29) is 44.0 Å². The average Bonchev–Trinajstić information content (AvgIpc) is 3.44. The molecule has 0 atom stereocenters. The molecule has 67 heavy (non-hydrogen) atoms. The molecule has 368 valence electrons. The summed E-state index contributed by atoms with van der Waals surface area (Å²) in [4.78, 5) is 35.8. The van der Waals surface area contributed by atoms with E-state index in [1.807, 2.05) is 73.8 Å². The Hall–Kier alpha value is -5.41. The van der Waals surface area contributed by atoms with Crippen LogP contribution >= 0.6 is 31.9 Å². The van der Waals surface area contributed by atoms with Gasteiger partial charge in [0.2, 0.25) is 5.82 Å². The summed E-state index contributed by atoms with van der Waals surface area (Å²) in [6.45, 7) is 23.7. The number of nitro groups is 3. The van der Waals surface area contributed by atoms with E-state index in [1.165, 1.54) is 17.7 Å². The average molecular weight is 1060 g/mol. The van der Waals surface area contributed by atoms with Crippen LogP contribution in [0, 0.1) is 36.2 Å². The second-order valence-electron chi connectivity index (χ2n) is 17.0. The third kappa shape index (κ3) is 18.7. The minimum absolute atomic E-state index is 0.104. The van der Waals surface area contributed by atoms with Crippen molar-refractivity contribution in [3.63, 3.8) is 0 Å².